The molecule has 8 heteroatoms. The number of amides is 1. The average Bonchev–Trinajstić information content (AvgIpc) is 3.02. The lowest BCUT2D eigenvalue weighted by atomic mass is 10.0. The minimum atomic E-state index is -0.918. The van der Waals surface area contributed by atoms with Gasteiger partial charge in [-0.25, -0.2) is 13.6 Å². The number of rotatable bonds is 3. The molecule has 0 bridgehead atoms. The van der Waals surface area contributed by atoms with Crippen molar-refractivity contribution in [1.82, 2.24) is 0 Å². The number of methoxy groups -OCH3 is 1. The topological polar surface area (TPSA) is 64.6 Å². The third-order valence-corrected chi connectivity index (χ3v) is 4.40. The number of hydrogen-bond donors (Lipinski definition) is 1. The van der Waals surface area contributed by atoms with Crippen LogP contribution in [0.4, 0.5) is 19.3 Å². The fourth-order valence-electron chi connectivity index (χ4n) is 2.94. The van der Waals surface area contributed by atoms with Crippen LogP contribution in [0.1, 0.15) is 34.0 Å². The van der Waals surface area contributed by atoms with Crippen molar-refractivity contribution in [3.8, 4) is 0 Å². The van der Waals surface area contributed by atoms with Crippen LogP contribution in [-0.4, -0.2) is 19.2 Å². The summed E-state index contributed by atoms with van der Waals surface area (Å²) in [5, 5.41) is 2.47. The molecule has 1 amide bonds. The van der Waals surface area contributed by atoms with Gasteiger partial charge in [0.05, 0.1) is 12.1 Å². The van der Waals surface area contributed by atoms with Crippen LogP contribution < -0.4 is 5.32 Å². The van der Waals surface area contributed by atoms with Crippen molar-refractivity contribution in [2.45, 2.75) is 18.9 Å². The molecule has 0 saturated carbocycles. The molecular formula is C18H14ClF2NO4. The Kier molecular flexibility index (Phi) is 5.08. The van der Waals surface area contributed by atoms with Gasteiger partial charge in [0.2, 0.25) is 0 Å². The van der Waals surface area contributed by atoms with E-state index in [9.17, 15) is 18.4 Å². The maximum Gasteiger partial charge on any atom is 0.508 e. The van der Waals surface area contributed by atoms with Crippen LogP contribution in [0.2, 0.25) is 5.02 Å². The molecule has 0 saturated heterocycles. The van der Waals surface area contributed by atoms with Gasteiger partial charge in [0.15, 0.2) is 0 Å². The number of carbonyl (C=O) groups excluding carboxylic acids is 2. The fraction of sp³-hybridized carbons (Fsp3) is 0.222. The second-order valence-corrected chi connectivity index (χ2v) is 6.08. The third-order valence-electron chi connectivity index (χ3n) is 4.11. The van der Waals surface area contributed by atoms with E-state index in [0.29, 0.717) is 24.1 Å². The van der Waals surface area contributed by atoms with Crippen LogP contribution in [0, 0.1) is 11.6 Å². The van der Waals surface area contributed by atoms with Crippen LogP contribution in [0.15, 0.2) is 30.3 Å². The SMILES string of the molecule is COC(=O)OC1CCc2c(C(=O)Nc3ccc(F)c(Cl)c3)ccc(F)c21. The summed E-state index contributed by atoms with van der Waals surface area (Å²) in [6.07, 6.45) is -1.03. The molecule has 0 heterocycles. The summed E-state index contributed by atoms with van der Waals surface area (Å²) < 4.78 is 37.0. The van der Waals surface area contributed by atoms with Crippen molar-refractivity contribution in [2.24, 2.45) is 0 Å². The van der Waals surface area contributed by atoms with Gasteiger partial charge in [-0.05, 0) is 48.7 Å². The summed E-state index contributed by atoms with van der Waals surface area (Å²) in [6, 6.07) is 6.28. The van der Waals surface area contributed by atoms with Gasteiger partial charge >= 0.3 is 6.16 Å². The minimum absolute atomic E-state index is 0.126. The Morgan fingerprint density at radius 2 is 1.92 bits per heavy atom. The lowest BCUT2D eigenvalue weighted by Crippen LogP contribution is -2.15. The number of carbonyl (C=O) groups is 2. The summed E-state index contributed by atoms with van der Waals surface area (Å²) in [6.45, 7) is 0. The van der Waals surface area contributed by atoms with Crippen LogP contribution in [-0.2, 0) is 15.9 Å². The van der Waals surface area contributed by atoms with Crippen molar-refractivity contribution < 1.29 is 27.8 Å². The van der Waals surface area contributed by atoms with E-state index < -0.39 is 29.8 Å². The molecule has 1 N–H and O–H groups in total. The Labute approximate surface area is 152 Å². The zero-order valence-electron chi connectivity index (χ0n) is 13.6. The van der Waals surface area contributed by atoms with Crippen LogP contribution in [0.5, 0.6) is 0 Å². The molecule has 0 spiro atoms. The van der Waals surface area contributed by atoms with Crippen molar-refractivity contribution in [1.29, 1.82) is 0 Å². The van der Waals surface area contributed by atoms with Gasteiger partial charge in [-0.15, -0.1) is 0 Å². The van der Waals surface area contributed by atoms with Gasteiger partial charge in [0.25, 0.3) is 5.91 Å². The lowest BCUT2D eigenvalue weighted by Gasteiger charge is -2.14. The molecule has 2 aromatic rings. The van der Waals surface area contributed by atoms with Gasteiger partial charge in [-0.2, -0.15) is 0 Å². The Morgan fingerprint density at radius 1 is 1.19 bits per heavy atom. The maximum absolute atomic E-state index is 14.2. The van der Waals surface area contributed by atoms with Crippen LogP contribution in [0.3, 0.4) is 0 Å². The normalized spacial score (nSPS) is 15.3. The Bertz CT molecular complexity index is 888. The predicted molar refractivity (Wildman–Crippen MR) is 90.3 cm³/mol. The number of ether oxygens (including phenoxy) is 2. The maximum atomic E-state index is 14.2. The largest absolute Gasteiger partial charge is 0.508 e. The number of halogens is 3. The standard InChI is InChI=1S/C18H14ClF2NO4/c1-25-18(24)26-15-7-4-10-11(3-6-14(21)16(10)15)17(23)22-9-2-5-13(20)12(19)8-9/h2-3,5-6,8,15H,4,7H2,1H3,(H,22,23). The second-order valence-electron chi connectivity index (χ2n) is 5.67. The number of fused-ring (bicyclic) bond motifs is 1. The molecule has 1 aliphatic rings. The van der Waals surface area contributed by atoms with Crippen molar-refractivity contribution in [2.75, 3.05) is 12.4 Å². The van der Waals surface area contributed by atoms with Gasteiger partial charge in [-0.3, -0.25) is 4.79 Å². The lowest BCUT2D eigenvalue weighted by molar-refractivity contribution is 0.0359. The highest BCUT2D eigenvalue weighted by atomic mass is 35.5. The number of anilines is 1. The highest BCUT2D eigenvalue weighted by molar-refractivity contribution is 6.31. The molecule has 1 aliphatic carbocycles. The quantitative estimate of drug-likeness (QED) is 0.786. The van der Waals surface area contributed by atoms with E-state index in [1.54, 1.807) is 0 Å². The van der Waals surface area contributed by atoms with Gasteiger partial charge in [0.1, 0.15) is 17.7 Å². The molecule has 26 heavy (non-hydrogen) atoms. The third kappa shape index (κ3) is 3.48. The Balaban J connectivity index is 1.88. The van der Waals surface area contributed by atoms with E-state index in [-0.39, 0.29) is 16.1 Å². The highest BCUT2D eigenvalue weighted by Gasteiger charge is 2.32. The molecule has 0 aromatic heterocycles. The molecule has 0 fully saturated rings. The Hall–Kier alpha value is -2.67. The molecule has 3 rings (SSSR count). The van der Waals surface area contributed by atoms with Gasteiger partial charge in [-0.1, -0.05) is 11.6 Å². The van der Waals surface area contributed by atoms with E-state index in [4.69, 9.17) is 16.3 Å². The summed E-state index contributed by atoms with van der Waals surface area (Å²) in [4.78, 5) is 23.9. The first-order chi connectivity index (χ1) is 12.4. The summed E-state index contributed by atoms with van der Waals surface area (Å²) >= 11 is 5.70. The second kappa shape index (κ2) is 7.29. The summed E-state index contributed by atoms with van der Waals surface area (Å²) in [7, 11) is 1.16. The molecule has 0 aliphatic heterocycles. The summed E-state index contributed by atoms with van der Waals surface area (Å²) in [5.41, 5.74) is 1.18. The van der Waals surface area contributed by atoms with E-state index in [1.807, 2.05) is 0 Å². The molecular weight excluding hydrogens is 368 g/mol. The molecule has 136 valence electrons. The number of hydrogen-bond acceptors (Lipinski definition) is 4. The Morgan fingerprint density at radius 3 is 2.62 bits per heavy atom. The first kappa shape index (κ1) is 18.1. The van der Waals surface area contributed by atoms with Crippen LogP contribution in [0.25, 0.3) is 0 Å². The first-order valence-corrected chi connectivity index (χ1v) is 8.10. The highest BCUT2D eigenvalue weighted by Crippen LogP contribution is 2.38. The minimum Gasteiger partial charge on any atom is -0.438 e. The fourth-order valence-corrected chi connectivity index (χ4v) is 3.12. The van der Waals surface area contributed by atoms with Crippen molar-refractivity contribution in [3.63, 3.8) is 0 Å². The van der Waals surface area contributed by atoms with Crippen molar-refractivity contribution >= 4 is 29.4 Å². The zero-order valence-corrected chi connectivity index (χ0v) is 14.4. The van der Waals surface area contributed by atoms with Crippen LogP contribution >= 0.6 is 11.6 Å². The van der Waals surface area contributed by atoms with E-state index in [0.717, 1.165) is 19.2 Å². The monoisotopic (exact) mass is 381 g/mol. The zero-order chi connectivity index (χ0) is 18.8. The molecule has 5 nitrogen and oxygen atoms in total. The smallest absolute Gasteiger partial charge is 0.438 e. The molecule has 1 unspecified atom stereocenters. The van der Waals surface area contributed by atoms with E-state index in [1.165, 1.54) is 18.2 Å². The molecule has 2 aromatic carbocycles. The average molecular weight is 382 g/mol. The van der Waals surface area contributed by atoms with Gasteiger partial charge < -0.3 is 14.8 Å². The predicted octanol–water partition coefficient (Wildman–Crippen LogP) is 4.64. The number of benzene rings is 2. The number of nitrogens with one attached hydrogen (secondary N) is 1. The summed E-state index contributed by atoms with van der Waals surface area (Å²) in [5.74, 6) is -1.66. The van der Waals surface area contributed by atoms with Crippen molar-refractivity contribution in [3.05, 3.63) is 63.7 Å². The molecule has 0 radical (unpaired) electrons. The van der Waals surface area contributed by atoms with Gasteiger partial charge in [0, 0.05) is 16.8 Å². The molecule has 1 atom stereocenters. The first-order valence-electron chi connectivity index (χ1n) is 7.73. The van der Waals surface area contributed by atoms with E-state index in [2.05, 4.69) is 10.1 Å². The van der Waals surface area contributed by atoms with E-state index >= 15 is 0 Å².